The summed E-state index contributed by atoms with van der Waals surface area (Å²) in [7, 11) is 1.63. The number of carbonyl (C=O) groups is 1. The Balaban J connectivity index is 1.42. The average molecular weight is 337 g/mol. The summed E-state index contributed by atoms with van der Waals surface area (Å²) in [5.41, 5.74) is 1.62. The van der Waals surface area contributed by atoms with Gasteiger partial charge in [0.05, 0.1) is 31.8 Å². The fourth-order valence-corrected chi connectivity index (χ4v) is 2.63. The van der Waals surface area contributed by atoms with E-state index in [0.717, 1.165) is 11.3 Å². The molecule has 1 amide bonds. The van der Waals surface area contributed by atoms with E-state index >= 15 is 0 Å². The molecule has 1 aromatic carbocycles. The van der Waals surface area contributed by atoms with Gasteiger partial charge < -0.3 is 14.4 Å². The van der Waals surface area contributed by atoms with E-state index in [0.29, 0.717) is 37.4 Å². The van der Waals surface area contributed by atoms with Gasteiger partial charge in [-0.15, -0.1) is 0 Å². The first kappa shape index (κ1) is 16.8. The van der Waals surface area contributed by atoms with Crippen molar-refractivity contribution in [2.75, 3.05) is 20.2 Å². The molecule has 0 atom stereocenters. The second kappa shape index (κ2) is 7.67. The van der Waals surface area contributed by atoms with Crippen LogP contribution in [0.1, 0.15) is 17.5 Å². The molecule has 0 aliphatic carbocycles. The van der Waals surface area contributed by atoms with Crippen LogP contribution >= 0.6 is 0 Å². The average Bonchev–Trinajstić information content (AvgIpc) is 2.63. The van der Waals surface area contributed by atoms with E-state index in [-0.39, 0.29) is 12.0 Å². The van der Waals surface area contributed by atoms with E-state index in [1.54, 1.807) is 30.3 Å². The highest BCUT2D eigenvalue weighted by atomic mass is 16.5. The first-order valence-electron chi connectivity index (χ1n) is 8.11. The maximum Gasteiger partial charge on any atom is 0.223 e. The molecule has 0 bridgehead atoms. The molecular weight excluding hydrogens is 318 g/mol. The van der Waals surface area contributed by atoms with Crippen LogP contribution in [0.5, 0.6) is 11.6 Å². The van der Waals surface area contributed by atoms with Gasteiger partial charge in [-0.25, -0.2) is 4.98 Å². The minimum Gasteiger partial charge on any atom is -0.497 e. The Morgan fingerprint density at radius 2 is 2.08 bits per heavy atom. The minimum atomic E-state index is -0.0635. The molecule has 1 aliphatic heterocycles. The largest absolute Gasteiger partial charge is 0.497 e. The van der Waals surface area contributed by atoms with Gasteiger partial charge in [0, 0.05) is 18.7 Å². The molecule has 0 N–H and O–H groups in total. The lowest BCUT2D eigenvalue weighted by Crippen LogP contribution is -2.56. The molecule has 1 fully saturated rings. The summed E-state index contributed by atoms with van der Waals surface area (Å²) in [4.78, 5) is 18.1. The molecule has 0 unspecified atom stereocenters. The van der Waals surface area contributed by atoms with E-state index in [2.05, 4.69) is 11.1 Å². The molecule has 0 radical (unpaired) electrons. The van der Waals surface area contributed by atoms with Crippen LogP contribution in [0.4, 0.5) is 0 Å². The number of nitriles is 1. The zero-order chi connectivity index (χ0) is 17.6. The highest BCUT2D eigenvalue weighted by molar-refractivity contribution is 5.77. The summed E-state index contributed by atoms with van der Waals surface area (Å²) in [6.07, 6.45) is 2.66. The van der Waals surface area contributed by atoms with Crippen molar-refractivity contribution < 1.29 is 14.3 Å². The van der Waals surface area contributed by atoms with Crippen LogP contribution in [0.2, 0.25) is 0 Å². The number of carbonyl (C=O) groups excluding carboxylic acids is 1. The van der Waals surface area contributed by atoms with Crippen molar-refractivity contribution in [3.63, 3.8) is 0 Å². The number of hydrogen-bond acceptors (Lipinski definition) is 5. The van der Waals surface area contributed by atoms with Gasteiger partial charge in [0.15, 0.2) is 0 Å². The van der Waals surface area contributed by atoms with Crippen molar-refractivity contribution in [3.8, 4) is 17.7 Å². The maximum atomic E-state index is 12.2. The van der Waals surface area contributed by atoms with Gasteiger partial charge in [0.1, 0.15) is 11.9 Å². The molecule has 3 rings (SSSR count). The second-order valence-electron chi connectivity index (χ2n) is 5.88. The lowest BCUT2D eigenvalue weighted by atomic mass is 10.1. The SMILES string of the molecule is COc1ccc(CCC(=O)N2CC(Oc3cc(C#N)ccn3)C2)cc1. The Morgan fingerprint density at radius 1 is 1.32 bits per heavy atom. The number of methoxy groups -OCH3 is 1. The van der Waals surface area contributed by atoms with Gasteiger partial charge in [-0.2, -0.15) is 5.26 Å². The zero-order valence-electron chi connectivity index (χ0n) is 14.0. The Labute approximate surface area is 146 Å². The van der Waals surface area contributed by atoms with E-state index in [9.17, 15) is 4.79 Å². The minimum absolute atomic E-state index is 0.0635. The lowest BCUT2D eigenvalue weighted by molar-refractivity contribution is -0.140. The zero-order valence-corrected chi connectivity index (χ0v) is 14.0. The number of likely N-dealkylation sites (tertiary alicyclic amines) is 1. The van der Waals surface area contributed by atoms with Crippen LogP contribution in [0.25, 0.3) is 0 Å². The highest BCUT2D eigenvalue weighted by Gasteiger charge is 2.32. The summed E-state index contributed by atoms with van der Waals surface area (Å²) in [6.45, 7) is 1.11. The van der Waals surface area contributed by atoms with Crippen LogP contribution in [-0.4, -0.2) is 42.1 Å². The van der Waals surface area contributed by atoms with Crippen molar-refractivity contribution in [1.82, 2.24) is 9.88 Å². The molecule has 1 saturated heterocycles. The third-order valence-electron chi connectivity index (χ3n) is 4.14. The first-order valence-corrected chi connectivity index (χ1v) is 8.11. The number of ether oxygens (including phenoxy) is 2. The number of nitrogens with zero attached hydrogens (tertiary/aromatic N) is 3. The van der Waals surface area contributed by atoms with Gasteiger partial charge in [0.25, 0.3) is 0 Å². The van der Waals surface area contributed by atoms with E-state index in [4.69, 9.17) is 14.7 Å². The molecule has 0 spiro atoms. The fraction of sp³-hybridized carbons (Fsp3) is 0.316. The van der Waals surface area contributed by atoms with Crippen LogP contribution in [-0.2, 0) is 11.2 Å². The molecule has 1 aliphatic rings. The van der Waals surface area contributed by atoms with Crippen LogP contribution in [0, 0.1) is 11.3 Å². The number of amides is 1. The maximum absolute atomic E-state index is 12.2. The number of rotatable bonds is 6. The molecule has 6 heteroatoms. The quantitative estimate of drug-likeness (QED) is 0.807. The Bertz CT molecular complexity index is 777. The molecule has 2 aromatic rings. The van der Waals surface area contributed by atoms with Crippen molar-refractivity contribution in [3.05, 3.63) is 53.7 Å². The van der Waals surface area contributed by atoms with Gasteiger partial charge in [0.2, 0.25) is 11.8 Å². The predicted molar refractivity (Wildman–Crippen MR) is 91.3 cm³/mol. The summed E-state index contributed by atoms with van der Waals surface area (Å²) < 4.78 is 10.8. The number of hydrogen-bond donors (Lipinski definition) is 0. The first-order chi connectivity index (χ1) is 12.2. The number of aryl methyl sites for hydroxylation is 1. The monoisotopic (exact) mass is 337 g/mol. The summed E-state index contributed by atoms with van der Waals surface area (Å²) in [5.74, 6) is 1.36. The topological polar surface area (TPSA) is 75.4 Å². The Kier molecular flexibility index (Phi) is 5.14. The molecule has 1 aromatic heterocycles. The van der Waals surface area contributed by atoms with Crippen molar-refractivity contribution in [2.45, 2.75) is 18.9 Å². The van der Waals surface area contributed by atoms with Crippen LogP contribution in [0.3, 0.4) is 0 Å². The van der Waals surface area contributed by atoms with Crippen LogP contribution in [0.15, 0.2) is 42.6 Å². The molecular formula is C19H19N3O3. The Hall–Kier alpha value is -3.07. The van der Waals surface area contributed by atoms with Crippen molar-refractivity contribution in [1.29, 1.82) is 5.26 Å². The lowest BCUT2D eigenvalue weighted by Gasteiger charge is -2.38. The van der Waals surface area contributed by atoms with Gasteiger partial charge in [-0.05, 0) is 30.2 Å². The summed E-state index contributed by atoms with van der Waals surface area (Å²) in [6, 6.07) is 13.0. The molecule has 0 saturated carbocycles. The smallest absolute Gasteiger partial charge is 0.223 e. The normalized spacial score (nSPS) is 13.7. The molecule has 2 heterocycles. The number of pyridine rings is 1. The highest BCUT2D eigenvalue weighted by Crippen LogP contribution is 2.19. The summed E-state index contributed by atoms with van der Waals surface area (Å²) in [5, 5.41) is 8.87. The third-order valence-corrected chi connectivity index (χ3v) is 4.14. The van der Waals surface area contributed by atoms with Gasteiger partial charge in [-0.3, -0.25) is 4.79 Å². The fourth-order valence-electron chi connectivity index (χ4n) is 2.63. The number of aromatic nitrogens is 1. The van der Waals surface area contributed by atoms with E-state index in [1.165, 1.54) is 0 Å². The number of benzene rings is 1. The van der Waals surface area contributed by atoms with Crippen LogP contribution < -0.4 is 9.47 Å². The molecule has 128 valence electrons. The van der Waals surface area contributed by atoms with Crippen molar-refractivity contribution in [2.24, 2.45) is 0 Å². The van der Waals surface area contributed by atoms with E-state index < -0.39 is 0 Å². The van der Waals surface area contributed by atoms with Gasteiger partial charge >= 0.3 is 0 Å². The predicted octanol–water partition coefficient (Wildman–Crippen LogP) is 2.18. The molecule has 6 nitrogen and oxygen atoms in total. The molecule has 25 heavy (non-hydrogen) atoms. The standard InChI is InChI=1S/C19H19N3O3/c1-24-16-5-2-14(3-6-16)4-7-19(23)22-12-17(13-22)25-18-10-15(11-20)8-9-21-18/h2-3,5-6,8-10,17H,4,7,12-13H2,1H3. The van der Waals surface area contributed by atoms with E-state index in [1.807, 2.05) is 24.3 Å². The summed E-state index contributed by atoms with van der Waals surface area (Å²) >= 11 is 0. The second-order valence-corrected chi connectivity index (χ2v) is 5.88. The van der Waals surface area contributed by atoms with Gasteiger partial charge in [-0.1, -0.05) is 12.1 Å². The van der Waals surface area contributed by atoms with Crippen molar-refractivity contribution >= 4 is 5.91 Å². The third kappa shape index (κ3) is 4.27. The Morgan fingerprint density at radius 3 is 2.76 bits per heavy atom.